The fourth-order valence-electron chi connectivity index (χ4n) is 2.01. The summed E-state index contributed by atoms with van der Waals surface area (Å²) in [6.45, 7) is 0. The Morgan fingerprint density at radius 3 is 2.77 bits per heavy atom. The lowest BCUT2D eigenvalue weighted by molar-refractivity contribution is 1.26. The van der Waals surface area contributed by atoms with Gasteiger partial charge in [-0.2, -0.15) is 0 Å². The molecule has 0 unspecified atom stereocenters. The summed E-state index contributed by atoms with van der Waals surface area (Å²) in [5.74, 6) is 0. The number of benzene rings is 2. The van der Waals surface area contributed by atoms with Crippen LogP contribution in [0.3, 0.4) is 0 Å². The Morgan fingerprint density at radius 2 is 1.77 bits per heavy atom. The van der Waals surface area contributed by atoms with E-state index >= 15 is 0 Å². The van der Waals surface area contributed by atoms with E-state index in [4.69, 9.17) is 0 Å². The Hall–Kier alpha value is -1.56. The molecule has 0 aliphatic heterocycles. The molecule has 0 saturated heterocycles. The standard InChI is InChI=1S/C13H9/c1-3-7-12-10(5-1)9-11-6-2-4-8-13(11)12/h1-3,5-8H,9H2. The molecule has 61 valence electrons. The minimum absolute atomic E-state index is 1.08. The largest absolute Gasteiger partial charge is 0.0619 e. The van der Waals surface area contributed by atoms with Crippen LogP contribution < -0.4 is 0 Å². The van der Waals surface area contributed by atoms with Gasteiger partial charge in [0.15, 0.2) is 0 Å². The smallest absolute Gasteiger partial charge is 0.00134 e. The van der Waals surface area contributed by atoms with Crippen LogP contribution in [-0.4, -0.2) is 0 Å². The summed E-state index contributed by atoms with van der Waals surface area (Å²) in [7, 11) is 0. The maximum Gasteiger partial charge on any atom is -0.00134 e. The van der Waals surface area contributed by atoms with Crippen LogP contribution >= 0.6 is 0 Å². The van der Waals surface area contributed by atoms with Gasteiger partial charge in [0.1, 0.15) is 0 Å². The van der Waals surface area contributed by atoms with Crippen LogP contribution in [-0.2, 0) is 6.42 Å². The second-order valence-electron chi connectivity index (χ2n) is 3.42. The van der Waals surface area contributed by atoms with E-state index in [0.717, 1.165) is 6.42 Å². The first kappa shape index (κ1) is 6.90. The van der Waals surface area contributed by atoms with Crippen molar-refractivity contribution in [3.05, 3.63) is 59.7 Å². The number of hydrogen-bond acceptors (Lipinski definition) is 0. The average Bonchev–Trinajstić information content (AvgIpc) is 2.56. The van der Waals surface area contributed by atoms with E-state index in [2.05, 4.69) is 42.5 Å². The topological polar surface area (TPSA) is 0 Å². The van der Waals surface area contributed by atoms with Gasteiger partial charge < -0.3 is 0 Å². The predicted molar refractivity (Wildman–Crippen MR) is 53.5 cm³/mol. The lowest BCUT2D eigenvalue weighted by Gasteiger charge is -1.97. The summed E-state index contributed by atoms with van der Waals surface area (Å²) in [6, 6.07) is 18.0. The van der Waals surface area contributed by atoms with Gasteiger partial charge >= 0.3 is 0 Å². The van der Waals surface area contributed by atoms with Crippen molar-refractivity contribution in [2.45, 2.75) is 6.42 Å². The average molecular weight is 165 g/mol. The molecule has 0 N–H and O–H groups in total. The second-order valence-corrected chi connectivity index (χ2v) is 3.42. The van der Waals surface area contributed by atoms with Gasteiger partial charge in [-0.05, 0) is 40.8 Å². The minimum atomic E-state index is 1.08. The molecule has 1 radical (unpaired) electrons. The first-order valence-electron chi connectivity index (χ1n) is 4.52. The second kappa shape index (κ2) is 2.46. The van der Waals surface area contributed by atoms with Crippen molar-refractivity contribution in [1.29, 1.82) is 0 Å². The van der Waals surface area contributed by atoms with Crippen LogP contribution in [0.4, 0.5) is 0 Å². The van der Waals surface area contributed by atoms with E-state index in [0.29, 0.717) is 0 Å². The molecule has 2 aromatic rings. The molecular weight excluding hydrogens is 156 g/mol. The van der Waals surface area contributed by atoms with E-state index < -0.39 is 0 Å². The minimum Gasteiger partial charge on any atom is -0.0619 e. The van der Waals surface area contributed by atoms with Gasteiger partial charge in [-0.1, -0.05) is 36.4 Å². The molecule has 0 bridgehead atoms. The van der Waals surface area contributed by atoms with E-state index in [-0.39, 0.29) is 0 Å². The summed E-state index contributed by atoms with van der Waals surface area (Å²) >= 11 is 0. The van der Waals surface area contributed by atoms with Gasteiger partial charge in [0.05, 0.1) is 0 Å². The Morgan fingerprint density at radius 1 is 0.923 bits per heavy atom. The third-order valence-electron chi connectivity index (χ3n) is 2.64. The number of hydrogen-bond donors (Lipinski definition) is 0. The molecule has 1 aliphatic carbocycles. The fraction of sp³-hybridized carbons (Fsp3) is 0.0769. The van der Waals surface area contributed by atoms with Crippen LogP contribution in [0, 0.1) is 6.07 Å². The highest BCUT2D eigenvalue weighted by Crippen LogP contribution is 2.35. The normalized spacial score (nSPS) is 12.3. The van der Waals surface area contributed by atoms with Crippen molar-refractivity contribution in [3.8, 4) is 11.1 Å². The first-order chi connectivity index (χ1) is 6.45. The predicted octanol–water partition coefficient (Wildman–Crippen LogP) is 3.06. The fourth-order valence-corrected chi connectivity index (χ4v) is 2.01. The molecule has 0 aromatic heterocycles. The summed E-state index contributed by atoms with van der Waals surface area (Å²) in [5, 5.41) is 0. The SMILES string of the molecule is [c]1ccc2c(c1)-c1ccccc1C2. The van der Waals surface area contributed by atoms with Crippen molar-refractivity contribution in [3.63, 3.8) is 0 Å². The molecule has 0 heterocycles. The Balaban J connectivity index is 2.32. The van der Waals surface area contributed by atoms with Crippen LogP contribution in [0.25, 0.3) is 11.1 Å². The summed E-state index contributed by atoms with van der Waals surface area (Å²) in [6.07, 6.45) is 1.08. The molecule has 0 amide bonds. The van der Waals surface area contributed by atoms with Gasteiger partial charge in [-0.25, -0.2) is 0 Å². The maximum atomic E-state index is 3.13. The van der Waals surface area contributed by atoms with Gasteiger partial charge in [-0.15, -0.1) is 0 Å². The quantitative estimate of drug-likeness (QED) is 0.480. The highest BCUT2D eigenvalue weighted by atomic mass is 14.2. The molecule has 3 rings (SSSR count). The molecule has 0 heteroatoms. The van der Waals surface area contributed by atoms with Gasteiger partial charge in [-0.3, -0.25) is 0 Å². The summed E-state index contributed by atoms with van der Waals surface area (Å²) in [4.78, 5) is 0. The lowest BCUT2D eigenvalue weighted by atomic mass is 10.1. The Bertz CT molecular complexity index is 412. The molecule has 13 heavy (non-hydrogen) atoms. The molecule has 0 spiro atoms. The van der Waals surface area contributed by atoms with E-state index in [1.807, 2.05) is 6.07 Å². The van der Waals surface area contributed by atoms with Crippen molar-refractivity contribution in [2.24, 2.45) is 0 Å². The van der Waals surface area contributed by atoms with Crippen LogP contribution in [0.5, 0.6) is 0 Å². The highest BCUT2D eigenvalue weighted by molar-refractivity contribution is 5.76. The molecule has 1 aliphatic rings. The molecule has 0 saturated carbocycles. The third kappa shape index (κ3) is 0.919. The van der Waals surface area contributed by atoms with Crippen LogP contribution in [0.2, 0.25) is 0 Å². The molecule has 0 atom stereocenters. The Labute approximate surface area is 77.8 Å². The first-order valence-corrected chi connectivity index (χ1v) is 4.52. The molecular formula is C13H9. The van der Waals surface area contributed by atoms with Gasteiger partial charge in [0, 0.05) is 0 Å². The monoisotopic (exact) mass is 165 g/mol. The summed E-state index contributed by atoms with van der Waals surface area (Å²) in [5.41, 5.74) is 5.62. The van der Waals surface area contributed by atoms with Crippen LogP contribution in [0.15, 0.2) is 42.5 Å². The van der Waals surface area contributed by atoms with E-state index in [1.165, 1.54) is 22.3 Å². The van der Waals surface area contributed by atoms with Gasteiger partial charge in [0.2, 0.25) is 0 Å². The molecule has 2 aromatic carbocycles. The molecule has 0 fully saturated rings. The number of fused-ring (bicyclic) bond motifs is 3. The lowest BCUT2D eigenvalue weighted by Crippen LogP contribution is -1.77. The Kier molecular flexibility index (Phi) is 1.31. The third-order valence-corrected chi connectivity index (χ3v) is 2.64. The summed E-state index contributed by atoms with van der Waals surface area (Å²) < 4.78 is 0. The van der Waals surface area contributed by atoms with E-state index in [1.54, 1.807) is 0 Å². The van der Waals surface area contributed by atoms with Crippen molar-refractivity contribution in [2.75, 3.05) is 0 Å². The van der Waals surface area contributed by atoms with Gasteiger partial charge in [0.25, 0.3) is 0 Å². The zero-order valence-corrected chi connectivity index (χ0v) is 7.25. The molecule has 0 nitrogen and oxygen atoms in total. The zero-order chi connectivity index (χ0) is 8.67. The highest BCUT2D eigenvalue weighted by Gasteiger charge is 2.15. The van der Waals surface area contributed by atoms with E-state index in [9.17, 15) is 0 Å². The zero-order valence-electron chi connectivity index (χ0n) is 7.25. The van der Waals surface area contributed by atoms with Crippen LogP contribution in [0.1, 0.15) is 11.1 Å². The maximum absolute atomic E-state index is 3.13. The van der Waals surface area contributed by atoms with Crippen molar-refractivity contribution >= 4 is 0 Å². The number of rotatable bonds is 0. The van der Waals surface area contributed by atoms with Crippen molar-refractivity contribution < 1.29 is 0 Å². The van der Waals surface area contributed by atoms with Crippen molar-refractivity contribution in [1.82, 2.24) is 0 Å².